The number of carbonyl (C=O) groups is 2. The van der Waals surface area contributed by atoms with Crippen molar-refractivity contribution in [1.29, 1.82) is 0 Å². The lowest BCUT2D eigenvalue weighted by Gasteiger charge is -2.30. The van der Waals surface area contributed by atoms with E-state index in [0.717, 1.165) is 22.2 Å². The first-order chi connectivity index (χ1) is 20.7. The van der Waals surface area contributed by atoms with Crippen LogP contribution in [0.3, 0.4) is 0 Å². The number of rotatable bonds is 5. The smallest absolute Gasteiger partial charge is 0.313 e. The normalized spacial score (nSPS) is 14.0. The Kier molecular flexibility index (Phi) is 7.66. The number of nitrogens with one attached hydrogen (secondary N) is 1. The SMILES string of the molecule is Cc1ccc(-c2nc3cc(F)ccc3n2C(C)C)cc1NC(=O)C(=O)N1CCC(n2nnc(-c3ccc(Cl)cc3)n2)CC1. The molecule has 1 N–H and O–H groups in total. The van der Waals surface area contributed by atoms with Crippen molar-refractivity contribution in [2.45, 2.75) is 45.7 Å². The van der Waals surface area contributed by atoms with E-state index in [9.17, 15) is 14.0 Å². The summed E-state index contributed by atoms with van der Waals surface area (Å²) < 4.78 is 15.9. The zero-order valence-electron chi connectivity index (χ0n) is 24.0. The zero-order chi connectivity index (χ0) is 30.2. The predicted molar refractivity (Wildman–Crippen MR) is 162 cm³/mol. The summed E-state index contributed by atoms with van der Waals surface area (Å²) in [6.07, 6.45) is 1.19. The Labute approximate surface area is 252 Å². The van der Waals surface area contributed by atoms with Crippen molar-refractivity contribution in [1.82, 2.24) is 34.7 Å². The molecule has 2 amide bonds. The summed E-state index contributed by atoms with van der Waals surface area (Å²) in [6, 6.07) is 17.4. The van der Waals surface area contributed by atoms with Gasteiger partial charge in [0.25, 0.3) is 0 Å². The van der Waals surface area contributed by atoms with E-state index in [1.807, 2.05) is 49.6 Å². The van der Waals surface area contributed by atoms with Crippen LogP contribution in [0.4, 0.5) is 10.1 Å². The molecule has 2 aromatic heterocycles. The van der Waals surface area contributed by atoms with Crippen molar-refractivity contribution in [3.05, 3.63) is 77.1 Å². The van der Waals surface area contributed by atoms with Crippen molar-refractivity contribution in [2.75, 3.05) is 18.4 Å². The average Bonchev–Trinajstić information content (AvgIpc) is 3.64. The molecule has 3 aromatic carbocycles. The minimum Gasteiger partial charge on any atom is -0.334 e. The molecule has 1 aliphatic rings. The fourth-order valence-corrected chi connectivity index (χ4v) is 5.53. The number of nitrogens with zero attached hydrogens (tertiary/aromatic N) is 7. The summed E-state index contributed by atoms with van der Waals surface area (Å²) in [5.41, 5.74) is 4.25. The molecule has 0 bridgehead atoms. The molecule has 43 heavy (non-hydrogen) atoms. The number of fused-ring (bicyclic) bond motifs is 1. The van der Waals surface area contributed by atoms with Gasteiger partial charge in [0.15, 0.2) is 0 Å². The first-order valence-corrected chi connectivity index (χ1v) is 14.5. The highest BCUT2D eigenvalue weighted by atomic mass is 35.5. The van der Waals surface area contributed by atoms with Crippen LogP contribution >= 0.6 is 11.6 Å². The monoisotopic (exact) mass is 600 g/mol. The molecule has 10 nitrogen and oxygen atoms in total. The van der Waals surface area contributed by atoms with Gasteiger partial charge in [0, 0.05) is 47.0 Å². The van der Waals surface area contributed by atoms with Gasteiger partial charge in [-0.3, -0.25) is 9.59 Å². The topological polar surface area (TPSA) is 111 Å². The van der Waals surface area contributed by atoms with Gasteiger partial charge in [0.2, 0.25) is 5.82 Å². The number of imidazole rings is 1. The van der Waals surface area contributed by atoms with Gasteiger partial charge >= 0.3 is 11.8 Å². The number of likely N-dealkylation sites (tertiary alicyclic amines) is 1. The minimum atomic E-state index is -0.706. The maximum atomic E-state index is 13.9. The van der Waals surface area contributed by atoms with Crippen LogP contribution in [-0.4, -0.2) is 59.6 Å². The average molecular weight is 601 g/mol. The Bertz CT molecular complexity index is 1820. The lowest BCUT2D eigenvalue weighted by molar-refractivity contribution is -0.144. The van der Waals surface area contributed by atoms with Crippen molar-refractivity contribution in [2.24, 2.45) is 0 Å². The van der Waals surface area contributed by atoms with Crippen LogP contribution in [0, 0.1) is 12.7 Å². The number of hydrogen-bond acceptors (Lipinski definition) is 6. The highest BCUT2D eigenvalue weighted by molar-refractivity contribution is 6.39. The van der Waals surface area contributed by atoms with Gasteiger partial charge in [-0.2, -0.15) is 4.80 Å². The van der Waals surface area contributed by atoms with Crippen molar-refractivity contribution in [3.8, 4) is 22.8 Å². The molecule has 12 heteroatoms. The van der Waals surface area contributed by atoms with Crippen LogP contribution in [0.15, 0.2) is 60.7 Å². The molecular weight excluding hydrogens is 571 g/mol. The van der Waals surface area contributed by atoms with Gasteiger partial charge in [-0.05, 0) is 86.9 Å². The second-order valence-electron chi connectivity index (χ2n) is 11.0. The van der Waals surface area contributed by atoms with E-state index in [-0.39, 0.29) is 17.9 Å². The molecule has 1 saturated heterocycles. The van der Waals surface area contributed by atoms with Crippen LogP contribution in [0.5, 0.6) is 0 Å². The molecule has 0 atom stereocenters. The summed E-state index contributed by atoms with van der Waals surface area (Å²) in [4.78, 5) is 34.0. The van der Waals surface area contributed by atoms with E-state index in [1.165, 1.54) is 12.1 Å². The highest BCUT2D eigenvalue weighted by Gasteiger charge is 2.29. The van der Waals surface area contributed by atoms with E-state index in [2.05, 4.69) is 20.7 Å². The van der Waals surface area contributed by atoms with Crippen LogP contribution in [0.2, 0.25) is 5.02 Å². The molecule has 0 aliphatic carbocycles. The van der Waals surface area contributed by atoms with Crippen LogP contribution in [0.1, 0.15) is 44.3 Å². The lowest BCUT2D eigenvalue weighted by atomic mass is 10.1. The third-order valence-corrected chi connectivity index (χ3v) is 7.97. The van der Waals surface area contributed by atoms with Crippen molar-refractivity contribution in [3.63, 3.8) is 0 Å². The summed E-state index contributed by atoms with van der Waals surface area (Å²) >= 11 is 5.97. The molecule has 1 fully saturated rings. The Morgan fingerprint density at radius 2 is 1.72 bits per heavy atom. The number of anilines is 1. The number of piperidine rings is 1. The van der Waals surface area contributed by atoms with Crippen LogP contribution in [-0.2, 0) is 9.59 Å². The predicted octanol–water partition coefficient (Wildman–Crippen LogP) is 5.84. The van der Waals surface area contributed by atoms with Crippen LogP contribution in [0.25, 0.3) is 33.8 Å². The molecule has 3 heterocycles. The van der Waals surface area contributed by atoms with Gasteiger partial charge in [-0.1, -0.05) is 23.7 Å². The van der Waals surface area contributed by atoms with E-state index in [4.69, 9.17) is 16.6 Å². The van der Waals surface area contributed by atoms with E-state index in [0.29, 0.717) is 53.8 Å². The van der Waals surface area contributed by atoms with E-state index < -0.39 is 11.8 Å². The number of hydrogen-bond donors (Lipinski definition) is 1. The number of tetrazole rings is 1. The first kappa shape index (κ1) is 28.5. The summed E-state index contributed by atoms with van der Waals surface area (Å²) in [5.74, 6) is -0.501. The summed E-state index contributed by atoms with van der Waals surface area (Å²) in [5, 5.41) is 16.3. The van der Waals surface area contributed by atoms with Gasteiger partial charge < -0.3 is 14.8 Å². The van der Waals surface area contributed by atoms with E-state index >= 15 is 0 Å². The number of amides is 2. The zero-order valence-corrected chi connectivity index (χ0v) is 24.7. The number of aryl methyl sites for hydroxylation is 1. The molecule has 0 radical (unpaired) electrons. The Balaban J connectivity index is 1.13. The maximum absolute atomic E-state index is 13.9. The molecule has 0 spiro atoms. The van der Waals surface area contributed by atoms with Crippen molar-refractivity contribution < 1.29 is 14.0 Å². The highest BCUT2D eigenvalue weighted by Crippen LogP contribution is 2.31. The molecule has 6 rings (SSSR count). The second-order valence-corrected chi connectivity index (χ2v) is 11.4. The van der Waals surface area contributed by atoms with Gasteiger partial charge in [0.1, 0.15) is 11.6 Å². The standard InChI is InChI=1S/C31H30ClFN8O2/c1-18(2)40-27-11-10-23(33)17-26(27)34-29(40)21-5-4-19(3)25(16-21)35-30(42)31(43)39-14-12-24(13-15-39)41-37-28(36-38-41)20-6-8-22(32)9-7-20/h4-11,16-18,24H,12-15H2,1-3H3,(H,35,42). The number of carbonyl (C=O) groups excluding carboxylic acids is 2. The molecule has 0 unspecified atom stereocenters. The summed E-state index contributed by atoms with van der Waals surface area (Å²) in [7, 11) is 0. The first-order valence-electron chi connectivity index (χ1n) is 14.1. The Morgan fingerprint density at radius 1 is 1.00 bits per heavy atom. The molecule has 0 saturated carbocycles. The number of halogens is 2. The van der Waals surface area contributed by atoms with Gasteiger partial charge in [-0.15, -0.1) is 10.2 Å². The molecular formula is C31H30ClFN8O2. The Morgan fingerprint density at radius 3 is 2.44 bits per heavy atom. The fraction of sp³-hybridized carbons (Fsp3) is 0.290. The van der Waals surface area contributed by atoms with Gasteiger partial charge in [0.05, 0.1) is 17.1 Å². The Hall–Kier alpha value is -4.64. The molecule has 1 aliphatic heterocycles. The third-order valence-electron chi connectivity index (χ3n) is 7.72. The largest absolute Gasteiger partial charge is 0.334 e. The minimum absolute atomic E-state index is 0.0340. The van der Waals surface area contributed by atoms with E-state index in [1.54, 1.807) is 34.0 Å². The van der Waals surface area contributed by atoms with Gasteiger partial charge in [-0.25, -0.2) is 9.37 Å². The third kappa shape index (κ3) is 5.72. The molecule has 5 aromatic rings. The summed E-state index contributed by atoms with van der Waals surface area (Å²) in [6.45, 7) is 6.71. The molecule has 220 valence electrons. The van der Waals surface area contributed by atoms with Crippen LogP contribution < -0.4 is 5.32 Å². The fourth-order valence-electron chi connectivity index (χ4n) is 5.41. The van der Waals surface area contributed by atoms with Crippen molar-refractivity contribution >= 4 is 40.1 Å². The second kappa shape index (κ2) is 11.6. The lowest BCUT2D eigenvalue weighted by Crippen LogP contribution is -2.44. The number of benzene rings is 3. The number of aromatic nitrogens is 6. The quantitative estimate of drug-likeness (QED) is 0.254. The maximum Gasteiger partial charge on any atom is 0.313 e.